The molecule has 0 aromatic heterocycles. The molecule has 3 nitrogen and oxygen atoms in total. The fourth-order valence-electron chi connectivity index (χ4n) is 1.94. The van der Waals surface area contributed by atoms with Crippen LogP contribution in [0.1, 0.15) is 33.6 Å². The van der Waals surface area contributed by atoms with E-state index in [2.05, 4.69) is 11.2 Å². The Balaban J connectivity index is 2.76. The van der Waals surface area contributed by atoms with Crippen LogP contribution in [0.5, 0.6) is 0 Å². The van der Waals surface area contributed by atoms with Crippen molar-refractivity contribution in [2.45, 2.75) is 45.2 Å². The Morgan fingerprint density at radius 2 is 2.33 bits per heavy atom. The Labute approximate surface area is 92.2 Å². The van der Waals surface area contributed by atoms with Gasteiger partial charge in [0.2, 0.25) is 5.91 Å². The van der Waals surface area contributed by atoms with Gasteiger partial charge in [0, 0.05) is 6.54 Å². The van der Waals surface area contributed by atoms with Crippen LogP contribution < -0.4 is 5.32 Å². The lowest BCUT2D eigenvalue weighted by Crippen LogP contribution is -2.57. The first kappa shape index (κ1) is 12.1. The number of carbonyl (C=O) groups is 1. The fraction of sp³-hybridized carbons (Fsp3) is 0.750. The molecule has 1 N–H and O–H groups in total. The maximum absolute atomic E-state index is 12.1. The average Bonchev–Trinajstić information content (AvgIpc) is 2.21. The van der Waals surface area contributed by atoms with Crippen molar-refractivity contribution in [3.63, 3.8) is 0 Å². The predicted molar refractivity (Wildman–Crippen MR) is 61.3 cm³/mol. The van der Waals surface area contributed by atoms with E-state index in [1.807, 2.05) is 25.7 Å². The number of amides is 1. The van der Waals surface area contributed by atoms with Crippen LogP contribution in [-0.4, -0.2) is 35.5 Å². The largest absolute Gasteiger partial charge is 0.325 e. The Morgan fingerprint density at radius 3 is 2.87 bits per heavy atom. The van der Waals surface area contributed by atoms with Crippen LogP contribution in [-0.2, 0) is 4.79 Å². The molecule has 0 radical (unpaired) electrons. The van der Waals surface area contributed by atoms with Gasteiger partial charge in [-0.15, -0.1) is 6.42 Å². The summed E-state index contributed by atoms with van der Waals surface area (Å²) in [6.45, 7) is 7.44. The van der Waals surface area contributed by atoms with Gasteiger partial charge in [-0.2, -0.15) is 0 Å². The summed E-state index contributed by atoms with van der Waals surface area (Å²) in [5.74, 6) is 2.83. The Morgan fingerprint density at radius 1 is 1.67 bits per heavy atom. The first-order chi connectivity index (χ1) is 7.03. The van der Waals surface area contributed by atoms with Gasteiger partial charge in [-0.1, -0.05) is 12.8 Å². The lowest BCUT2D eigenvalue weighted by atomic mass is 9.96. The highest BCUT2D eigenvalue weighted by molar-refractivity contribution is 5.83. The SMILES string of the molecule is C#CC(C)(C)N1CCCC(NCC)C1=O. The summed E-state index contributed by atoms with van der Waals surface area (Å²) < 4.78 is 0. The minimum atomic E-state index is -0.467. The molecule has 1 aliphatic rings. The maximum atomic E-state index is 12.1. The average molecular weight is 208 g/mol. The van der Waals surface area contributed by atoms with Crippen molar-refractivity contribution in [1.29, 1.82) is 0 Å². The molecule has 15 heavy (non-hydrogen) atoms. The van der Waals surface area contributed by atoms with E-state index in [1.54, 1.807) is 0 Å². The number of nitrogens with one attached hydrogen (secondary N) is 1. The van der Waals surface area contributed by atoms with Gasteiger partial charge in [0.15, 0.2) is 0 Å². The zero-order valence-electron chi connectivity index (χ0n) is 9.84. The molecule has 1 rings (SSSR count). The molecule has 0 bridgehead atoms. The Kier molecular flexibility index (Phi) is 3.76. The normalized spacial score (nSPS) is 22.7. The van der Waals surface area contributed by atoms with Gasteiger partial charge >= 0.3 is 0 Å². The van der Waals surface area contributed by atoms with E-state index in [4.69, 9.17) is 6.42 Å². The minimum absolute atomic E-state index is 0.0450. The second-order valence-corrected chi connectivity index (χ2v) is 4.45. The topological polar surface area (TPSA) is 32.3 Å². The van der Waals surface area contributed by atoms with Crippen LogP contribution in [0, 0.1) is 12.3 Å². The Hall–Kier alpha value is -1.01. The number of likely N-dealkylation sites (N-methyl/N-ethyl adjacent to an activating group) is 1. The number of nitrogens with zero attached hydrogens (tertiary/aromatic N) is 1. The molecule has 84 valence electrons. The van der Waals surface area contributed by atoms with E-state index in [-0.39, 0.29) is 11.9 Å². The number of hydrogen-bond donors (Lipinski definition) is 1. The number of rotatable bonds is 3. The molecule has 0 aromatic carbocycles. The quantitative estimate of drug-likeness (QED) is 0.702. The van der Waals surface area contributed by atoms with Gasteiger partial charge in [-0.25, -0.2) is 0 Å². The predicted octanol–water partition coefficient (Wildman–Crippen LogP) is 0.999. The first-order valence-corrected chi connectivity index (χ1v) is 5.55. The molecule has 1 amide bonds. The highest BCUT2D eigenvalue weighted by Crippen LogP contribution is 2.21. The number of piperidine rings is 1. The first-order valence-electron chi connectivity index (χ1n) is 5.55. The molecule has 0 spiro atoms. The number of carbonyl (C=O) groups excluding carboxylic acids is 1. The van der Waals surface area contributed by atoms with Crippen molar-refractivity contribution in [2.75, 3.05) is 13.1 Å². The zero-order chi connectivity index (χ0) is 11.5. The monoisotopic (exact) mass is 208 g/mol. The molecule has 1 aliphatic heterocycles. The second kappa shape index (κ2) is 4.67. The van der Waals surface area contributed by atoms with E-state index in [1.165, 1.54) is 0 Å². The molecule has 0 saturated carbocycles. The summed E-state index contributed by atoms with van der Waals surface area (Å²) in [5, 5.41) is 3.20. The van der Waals surface area contributed by atoms with Crippen LogP contribution in [0.2, 0.25) is 0 Å². The summed E-state index contributed by atoms with van der Waals surface area (Å²) in [6.07, 6.45) is 7.40. The van der Waals surface area contributed by atoms with Gasteiger partial charge in [0.1, 0.15) is 0 Å². The lowest BCUT2D eigenvalue weighted by molar-refractivity contribution is -0.139. The van der Waals surface area contributed by atoms with E-state index < -0.39 is 5.54 Å². The third-order valence-corrected chi connectivity index (χ3v) is 2.92. The number of hydrogen-bond acceptors (Lipinski definition) is 2. The van der Waals surface area contributed by atoms with Crippen molar-refractivity contribution in [3.05, 3.63) is 0 Å². The van der Waals surface area contributed by atoms with Gasteiger partial charge < -0.3 is 10.2 Å². The van der Waals surface area contributed by atoms with Crippen LogP contribution in [0.3, 0.4) is 0 Å². The van der Waals surface area contributed by atoms with Crippen LogP contribution >= 0.6 is 0 Å². The summed E-state index contributed by atoms with van der Waals surface area (Å²) in [4.78, 5) is 13.9. The van der Waals surface area contributed by atoms with Gasteiger partial charge in [0.05, 0.1) is 11.6 Å². The maximum Gasteiger partial charge on any atom is 0.240 e. The Bertz CT molecular complexity index is 276. The van der Waals surface area contributed by atoms with Gasteiger partial charge in [-0.3, -0.25) is 4.79 Å². The van der Waals surface area contributed by atoms with Crippen LogP contribution in [0.25, 0.3) is 0 Å². The molecule has 1 heterocycles. The summed E-state index contributed by atoms with van der Waals surface area (Å²) in [6, 6.07) is -0.0450. The van der Waals surface area contributed by atoms with Crippen molar-refractivity contribution in [1.82, 2.24) is 10.2 Å². The molecule has 0 aromatic rings. The van der Waals surface area contributed by atoms with Crippen molar-refractivity contribution in [2.24, 2.45) is 0 Å². The molecule has 1 saturated heterocycles. The summed E-state index contributed by atoms with van der Waals surface area (Å²) in [7, 11) is 0. The minimum Gasteiger partial charge on any atom is -0.325 e. The van der Waals surface area contributed by atoms with Crippen molar-refractivity contribution in [3.8, 4) is 12.3 Å². The van der Waals surface area contributed by atoms with Gasteiger partial charge in [0.25, 0.3) is 0 Å². The molecule has 1 fully saturated rings. The zero-order valence-corrected chi connectivity index (χ0v) is 9.84. The highest BCUT2D eigenvalue weighted by atomic mass is 16.2. The molecule has 3 heteroatoms. The number of terminal acetylenes is 1. The van der Waals surface area contributed by atoms with E-state index >= 15 is 0 Å². The van der Waals surface area contributed by atoms with Crippen molar-refractivity contribution >= 4 is 5.91 Å². The molecule has 1 unspecified atom stereocenters. The lowest BCUT2D eigenvalue weighted by Gasteiger charge is -2.40. The second-order valence-electron chi connectivity index (χ2n) is 4.45. The molecular weight excluding hydrogens is 188 g/mol. The molecular formula is C12H20N2O. The van der Waals surface area contributed by atoms with Crippen LogP contribution in [0.15, 0.2) is 0 Å². The van der Waals surface area contributed by atoms with E-state index in [0.717, 1.165) is 25.9 Å². The smallest absolute Gasteiger partial charge is 0.240 e. The molecule has 1 atom stereocenters. The third kappa shape index (κ3) is 2.51. The van der Waals surface area contributed by atoms with E-state index in [0.29, 0.717) is 0 Å². The highest BCUT2D eigenvalue weighted by Gasteiger charge is 2.35. The summed E-state index contributed by atoms with van der Waals surface area (Å²) >= 11 is 0. The number of likely N-dealkylation sites (tertiary alicyclic amines) is 1. The van der Waals surface area contributed by atoms with Crippen molar-refractivity contribution < 1.29 is 4.79 Å². The van der Waals surface area contributed by atoms with Gasteiger partial charge in [-0.05, 0) is 33.2 Å². The standard InChI is InChI=1S/C12H20N2O/c1-5-12(3,4)14-9-7-8-10(11(14)15)13-6-2/h1,10,13H,6-9H2,2-4H3. The summed E-state index contributed by atoms with van der Waals surface area (Å²) in [5.41, 5.74) is -0.467. The van der Waals surface area contributed by atoms with E-state index in [9.17, 15) is 4.79 Å². The fourth-order valence-corrected chi connectivity index (χ4v) is 1.94. The molecule has 0 aliphatic carbocycles. The van der Waals surface area contributed by atoms with Crippen LogP contribution in [0.4, 0.5) is 0 Å². The third-order valence-electron chi connectivity index (χ3n) is 2.92.